The summed E-state index contributed by atoms with van der Waals surface area (Å²) in [7, 11) is 0. The minimum atomic E-state index is 0.421. The first-order valence-electron chi connectivity index (χ1n) is 24.7. The van der Waals surface area contributed by atoms with E-state index in [4.69, 9.17) is 0 Å². The van der Waals surface area contributed by atoms with Gasteiger partial charge in [-0.25, -0.2) is 0 Å². The molecule has 0 N–H and O–H groups in total. The van der Waals surface area contributed by atoms with Crippen molar-refractivity contribution < 1.29 is 0 Å². The first-order valence-corrected chi connectivity index (χ1v) is 26.3. The number of para-hydroxylation sites is 2. The van der Waals surface area contributed by atoms with Crippen molar-refractivity contribution in [2.75, 3.05) is 0 Å². The molecule has 0 bridgehead atoms. The summed E-state index contributed by atoms with van der Waals surface area (Å²) >= 11 is 3.59. The molecule has 15 rings (SSSR count). The van der Waals surface area contributed by atoms with Crippen LogP contribution in [0, 0.1) is 22.7 Å². The van der Waals surface area contributed by atoms with Gasteiger partial charge in [0, 0.05) is 63.6 Å². The van der Waals surface area contributed by atoms with Crippen LogP contribution in [0.2, 0.25) is 0 Å². The van der Waals surface area contributed by atoms with Gasteiger partial charge in [0.2, 0.25) is 0 Å². The molecule has 0 amide bonds. The summed E-state index contributed by atoms with van der Waals surface area (Å²) in [5.41, 5.74) is 13.5. The van der Waals surface area contributed by atoms with E-state index in [1.807, 2.05) is 30.3 Å². The third kappa shape index (κ3) is 6.11. The minimum absolute atomic E-state index is 0.421. The summed E-state index contributed by atoms with van der Waals surface area (Å²) in [6.07, 6.45) is 0. The van der Waals surface area contributed by atoms with Gasteiger partial charge in [0.15, 0.2) is 0 Å². The van der Waals surface area contributed by atoms with Crippen LogP contribution in [0.3, 0.4) is 0 Å². The van der Waals surface area contributed by atoms with E-state index in [-0.39, 0.29) is 0 Å². The first-order chi connectivity index (χ1) is 36.7. The van der Waals surface area contributed by atoms with Crippen molar-refractivity contribution in [2.45, 2.75) is 0 Å². The molecule has 4 aromatic heterocycles. The minimum Gasteiger partial charge on any atom is -0.307 e. The number of nitriles is 2. The van der Waals surface area contributed by atoms with Gasteiger partial charge in [0.1, 0.15) is 12.1 Å². The summed E-state index contributed by atoms with van der Waals surface area (Å²) in [6, 6.07) is 87.2. The lowest BCUT2D eigenvalue weighted by Crippen LogP contribution is -2.11. The highest BCUT2D eigenvalue weighted by Gasteiger charge is 2.33. The van der Waals surface area contributed by atoms with Crippen LogP contribution in [0.1, 0.15) is 11.1 Å². The Morgan fingerprint density at radius 2 is 0.676 bits per heavy atom. The highest BCUT2D eigenvalue weighted by Crippen LogP contribution is 2.53. The first kappa shape index (κ1) is 42.2. The van der Waals surface area contributed by atoms with E-state index in [1.54, 1.807) is 22.7 Å². The van der Waals surface area contributed by atoms with Crippen LogP contribution in [0.25, 0.3) is 140 Å². The maximum Gasteiger partial charge on any atom is 0.102 e. The Kier molecular flexibility index (Phi) is 9.40. The summed E-state index contributed by atoms with van der Waals surface area (Å²) in [5, 5.41) is 33.6. The van der Waals surface area contributed by atoms with Crippen LogP contribution < -0.4 is 0 Å². The van der Waals surface area contributed by atoms with Crippen LogP contribution in [0.15, 0.2) is 231 Å². The van der Waals surface area contributed by atoms with Crippen molar-refractivity contribution in [2.24, 2.45) is 0 Å². The highest BCUT2D eigenvalue weighted by atomic mass is 32.1. The molecular weight excluding hydrogens is 937 g/mol. The van der Waals surface area contributed by atoms with E-state index in [2.05, 4.69) is 221 Å². The summed E-state index contributed by atoms with van der Waals surface area (Å²) in [5.74, 6) is 0. The van der Waals surface area contributed by atoms with Crippen LogP contribution in [0.5, 0.6) is 0 Å². The molecule has 0 radical (unpaired) electrons. The largest absolute Gasteiger partial charge is 0.307 e. The number of thiophene rings is 2. The van der Waals surface area contributed by atoms with Gasteiger partial charge < -0.3 is 9.13 Å². The zero-order chi connectivity index (χ0) is 49.0. The van der Waals surface area contributed by atoms with Crippen molar-refractivity contribution >= 4 is 107 Å². The second kappa shape index (κ2) is 16.5. The third-order valence-corrected chi connectivity index (χ3v) is 17.4. The quantitative estimate of drug-likeness (QED) is 0.167. The van der Waals surface area contributed by atoms with Crippen LogP contribution in [-0.2, 0) is 0 Å². The second-order valence-corrected chi connectivity index (χ2v) is 21.0. The lowest BCUT2D eigenvalue weighted by Gasteiger charge is -2.26. The zero-order valence-electron chi connectivity index (χ0n) is 39.5. The van der Waals surface area contributed by atoms with Gasteiger partial charge in [-0.1, -0.05) is 188 Å². The van der Waals surface area contributed by atoms with Crippen molar-refractivity contribution in [1.82, 2.24) is 9.13 Å². The molecular formula is C68H38N4S2. The molecule has 4 nitrogen and oxygen atoms in total. The molecule has 0 aliphatic carbocycles. The predicted octanol–water partition coefficient (Wildman–Crippen LogP) is 19.0. The van der Waals surface area contributed by atoms with Gasteiger partial charge in [0.05, 0.1) is 54.0 Å². The van der Waals surface area contributed by atoms with Crippen molar-refractivity contribution in [3.8, 4) is 68.0 Å². The lowest BCUT2D eigenvalue weighted by molar-refractivity contribution is 1.13. The standard InChI is InChI=1S/C68H38N4S2/c69-39-55-61(43-22-8-3-9-23-43)56(40-70)64(72-65-51(32-34-53-49-26-12-16-30-59(49)73-67(53)65)52-33-35-54-50-27-13-17-31-60(50)74-68(54)66(52)72)62(63(55)71-57-28-14-10-24-47(57)48-25-11-15-29-58(48)71)46-37-44(41-18-4-1-5-19-41)36-45(38-46)42-20-6-2-7-21-42/h1-38H. The van der Waals surface area contributed by atoms with E-state index in [1.165, 1.54) is 20.2 Å². The Hall–Kier alpha value is -9.56. The van der Waals surface area contributed by atoms with Crippen LogP contribution in [0.4, 0.5) is 0 Å². The van der Waals surface area contributed by atoms with Gasteiger partial charge in [-0.05, 0) is 75.8 Å². The SMILES string of the molecule is N#Cc1c(-c2ccccc2)c(C#N)c(-n2c3c(ccc4c5ccccc5sc43)c3ccc4c5ccccc5sc4c32)c(-c2cc(-c3ccccc3)cc(-c3ccccc3)c2)c1-n1c2ccccc2c2ccccc21. The molecule has 0 aliphatic heterocycles. The van der Waals surface area contributed by atoms with E-state index < -0.39 is 0 Å². The Morgan fingerprint density at radius 3 is 1.15 bits per heavy atom. The van der Waals surface area contributed by atoms with Crippen molar-refractivity contribution in [3.63, 3.8) is 0 Å². The number of aromatic nitrogens is 2. The van der Waals surface area contributed by atoms with Gasteiger partial charge in [-0.2, -0.15) is 10.5 Å². The molecule has 0 fully saturated rings. The van der Waals surface area contributed by atoms with Gasteiger partial charge >= 0.3 is 0 Å². The molecule has 15 aromatic rings. The van der Waals surface area contributed by atoms with Gasteiger partial charge in [-0.15, -0.1) is 22.7 Å². The molecule has 0 saturated carbocycles. The van der Waals surface area contributed by atoms with E-state index in [0.717, 1.165) is 108 Å². The average Bonchev–Trinajstić information content (AvgIpc) is 4.23. The Labute approximate surface area is 433 Å². The van der Waals surface area contributed by atoms with Crippen molar-refractivity contribution in [3.05, 3.63) is 242 Å². The Morgan fingerprint density at radius 1 is 0.297 bits per heavy atom. The van der Waals surface area contributed by atoms with Gasteiger partial charge in [-0.3, -0.25) is 0 Å². The maximum absolute atomic E-state index is 12.4. The molecule has 0 saturated heterocycles. The molecule has 342 valence electrons. The molecule has 11 aromatic carbocycles. The summed E-state index contributed by atoms with van der Waals surface area (Å²) in [4.78, 5) is 0. The average molecular weight is 975 g/mol. The van der Waals surface area contributed by atoms with E-state index in [0.29, 0.717) is 22.4 Å². The third-order valence-electron chi connectivity index (χ3n) is 15.0. The molecule has 0 atom stereocenters. The highest BCUT2D eigenvalue weighted by molar-refractivity contribution is 7.27. The molecule has 74 heavy (non-hydrogen) atoms. The maximum atomic E-state index is 12.4. The fourth-order valence-electron chi connectivity index (χ4n) is 11.8. The Bertz CT molecular complexity index is 4670. The smallest absolute Gasteiger partial charge is 0.102 e. The van der Waals surface area contributed by atoms with Crippen LogP contribution in [-0.4, -0.2) is 9.13 Å². The number of hydrogen-bond donors (Lipinski definition) is 0. The number of benzene rings is 11. The Balaban J connectivity index is 1.27. The fourth-order valence-corrected chi connectivity index (χ4v) is 14.3. The van der Waals surface area contributed by atoms with E-state index in [9.17, 15) is 10.5 Å². The number of nitrogens with zero attached hydrogens (tertiary/aromatic N) is 4. The number of fused-ring (bicyclic) bond motifs is 14. The number of rotatable bonds is 6. The molecule has 4 heterocycles. The van der Waals surface area contributed by atoms with E-state index >= 15 is 0 Å². The summed E-state index contributed by atoms with van der Waals surface area (Å²) < 4.78 is 9.42. The molecule has 0 aliphatic rings. The molecule has 0 spiro atoms. The molecule has 6 heteroatoms. The monoisotopic (exact) mass is 974 g/mol. The second-order valence-electron chi connectivity index (χ2n) is 18.9. The number of hydrogen-bond acceptors (Lipinski definition) is 4. The van der Waals surface area contributed by atoms with Crippen molar-refractivity contribution in [1.29, 1.82) is 10.5 Å². The molecule has 0 unspecified atom stereocenters. The summed E-state index contributed by atoms with van der Waals surface area (Å²) in [6.45, 7) is 0. The fraction of sp³-hybridized carbons (Fsp3) is 0. The van der Waals surface area contributed by atoms with Gasteiger partial charge in [0.25, 0.3) is 0 Å². The normalized spacial score (nSPS) is 11.8. The topological polar surface area (TPSA) is 57.4 Å². The predicted molar refractivity (Wildman–Crippen MR) is 312 cm³/mol. The zero-order valence-corrected chi connectivity index (χ0v) is 41.2. The lowest BCUT2D eigenvalue weighted by atomic mass is 9.84. The van der Waals surface area contributed by atoms with Crippen LogP contribution >= 0.6 is 22.7 Å².